The van der Waals surface area contributed by atoms with E-state index in [2.05, 4.69) is 24.5 Å². The number of nitrogens with zero attached hydrogens (tertiary/aromatic N) is 1. The molecule has 5 nitrogen and oxygen atoms in total. The minimum atomic E-state index is -0.151. The minimum absolute atomic E-state index is 0.0245. The molecule has 2 N–H and O–H groups in total. The van der Waals surface area contributed by atoms with Gasteiger partial charge < -0.3 is 15.5 Å². The predicted octanol–water partition coefficient (Wildman–Crippen LogP) is -0.277. The lowest BCUT2D eigenvalue weighted by Gasteiger charge is -2.41. The highest BCUT2D eigenvalue weighted by Gasteiger charge is 2.39. The summed E-state index contributed by atoms with van der Waals surface area (Å²) >= 11 is 0. The lowest BCUT2D eigenvalue weighted by molar-refractivity contribution is -0.142. The summed E-state index contributed by atoms with van der Waals surface area (Å²) in [7, 11) is 0. The first kappa shape index (κ1) is 12.4. The van der Waals surface area contributed by atoms with Crippen LogP contribution in [0.3, 0.4) is 0 Å². The first-order chi connectivity index (χ1) is 8.00. The van der Waals surface area contributed by atoms with E-state index in [-0.39, 0.29) is 29.8 Å². The Labute approximate surface area is 102 Å². The summed E-state index contributed by atoms with van der Waals surface area (Å²) in [5.41, 5.74) is -0.0245. The molecule has 2 aliphatic heterocycles. The number of carbonyl (C=O) groups is 2. The standard InChI is InChI=1S/C12H21N3O2/c1-12(2)4-3-5-14-10(12)11(17)15-7-6-13-9(16)8-15/h10,14H,3-8H2,1-2H3,(H,13,16). The maximum Gasteiger partial charge on any atom is 0.240 e. The Hall–Kier alpha value is -1.10. The van der Waals surface area contributed by atoms with Gasteiger partial charge in [-0.3, -0.25) is 9.59 Å². The van der Waals surface area contributed by atoms with Crippen LogP contribution < -0.4 is 10.6 Å². The van der Waals surface area contributed by atoms with Crippen molar-refractivity contribution in [2.45, 2.75) is 32.7 Å². The van der Waals surface area contributed by atoms with Gasteiger partial charge >= 0.3 is 0 Å². The molecule has 96 valence electrons. The lowest BCUT2D eigenvalue weighted by Crippen LogP contribution is -2.60. The highest BCUT2D eigenvalue weighted by Crippen LogP contribution is 2.31. The fourth-order valence-corrected chi connectivity index (χ4v) is 2.64. The summed E-state index contributed by atoms with van der Waals surface area (Å²) in [6, 6.07) is -0.151. The highest BCUT2D eigenvalue weighted by molar-refractivity contribution is 5.89. The molecular weight excluding hydrogens is 218 g/mol. The molecule has 0 aromatic rings. The van der Waals surface area contributed by atoms with E-state index in [0.717, 1.165) is 19.4 Å². The van der Waals surface area contributed by atoms with Crippen LogP contribution in [-0.2, 0) is 9.59 Å². The van der Waals surface area contributed by atoms with Crippen LogP contribution in [-0.4, -0.2) is 48.9 Å². The first-order valence-corrected chi connectivity index (χ1v) is 6.29. The third kappa shape index (κ3) is 2.60. The van der Waals surface area contributed by atoms with Crippen molar-refractivity contribution in [2.75, 3.05) is 26.2 Å². The fourth-order valence-electron chi connectivity index (χ4n) is 2.64. The van der Waals surface area contributed by atoms with E-state index >= 15 is 0 Å². The van der Waals surface area contributed by atoms with Gasteiger partial charge in [-0.05, 0) is 24.8 Å². The number of hydrogen-bond acceptors (Lipinski definition) is 3. The van der Waals surface area contributed by atoms with Gasteiger partial charge in [0.25, 0.3) is 0 Å². The van der Waals surface area contributed by atoms with Gasteiger partial charge in [0, 0.05) is 13.1 Å². The van der Waals surface area contributed by atoms with E-state index in [1.807, 2.05) is 0 Å². The highest BCUT2D eigenvalue weighted by atomic mass is 16.2. The summed E-state index contributed by atoms with van der Waals surface area (Å²) in [6.07, 6.45) is 2.16. The van der Waals surface area contributed by atoms with E-state index in [9.17, 15) is 9.59 Å². The summed E-state index contributed by atoms with van der Waals surface area (Å²) in [5.74, 6) is 0.0164. The Kier molecular flexibility index (Phi) is 3.38. The van der Waals surface area contributed by atoms with Gasteiger partial charge in [-0.15, -0.1) is 0 Å². The fraction of sp³-hybridized carbons (Fsp3) is 0.833. The van der Waals surface area contributed by atoms with Crippen LogP contribution in [0.25, 0.3) is 0 Å². The maximum absolute atomic E-state index is 12.4. The topological polar surface area (TPSA) is 61.4 Å². The van der Waals surface area contributed by atoms with Crippen LogP contribution in [0.5, 0.6) is 0 Å². The summed E-state index contributed by atoms with van der Waals surface area (Å²) < 4.78 is 0. The third-order valence-corrected chi connectivity index (χ3v) is 3.72. The molecule has 0 spiro atoms. The number of piperidine rings is 1. The number of amides is 2. The van der Waals surface area contributed by atoms with Crippen molar-refractivity contribution in [3.63, 3.8) is 0 Å². The second-order valence-corrected chi connectivity index (χ2v) is 5.59. The molecule has 2 aliphatic rings. The van der Waals surface area contributed by atoms with Gasteiger partial charge in [-0.1, -0.05) is 13.8 Å². The first-order valence-electron chi connectivity index (χ1n) is 6.29. The van der Waals surface area contributed by atoms with E-state index in [1.54, 1.807) is 4.90 Å². The normalized spacial score (nSPS) is 28.7. The van der Waals surface area contributed by atoms with Crippen LogP contribution in [0, 0.1) is 5.41 Å². The monoisotopic (exact) mass is 239 g/mol. The lowest BCUT2D eigenvalue weighted by atomic mass is 9.77. The largest absolute Gasteiger partial charge is 0.353 e. The van der Waals surface area contributed by atoms with E-state index in [4.69, 9.17) is 0 Å². The van der Waals surface area contributed by atoms with E-state index < -0.39 is 0 Å². The Morgan fingerprint density at radius 3 is 2.82 bits per heavy atom. The van der Waals surface area contributed by atoms with Crippen molar-refractivity contribution in [2.24, 2.45) is 5.41 Å². The average Bonchev–Trinajstić information content (AvgIpc) is 2.27. The Bertz CT molecular complexity index is 328. The quantitative estimate of drug-likeness (QED) is 0.662. The molecule has 2 fully saturated rings. The molecule has 0 saturated carbocycles. The summed E-state index contributed by atoms with van der Waals surface area (Å²) in [6.45, 7) is 6.51. The number of piperazine rings is 1. The van der Waals surface area contributed by atoms with Gasteiger partial charge in [0.05, 0.1) is 12.6 Å². The Morgan fingerprint density at radius 2 is 2.18 bits per heavy atom. The van der Waals surface area contributed by atoms with Gasteiger partial charge in [0.2, 0.25) is 11.8 Å². The van der Waals surface area contributed by atoms with Crippen LogP contribution in [0.2, 0.25) is 0 Å². The van der Waals surface area contributed by atoms with Crippen molar-refractivity contribution >= 4 is 11.8 Å². The second-order valence-electron chi connectivity index (χ2n) is 5.59. The summed E-state index contributed by atoms with van der Waals surface area (Å²) in [5, 5.41) is 6.04. The zero-order chi connectivity index (χ0) is 12.5. The van der Waals surface area contributed by atoms with Crippen molar-refractivity contribution in [1.29, 1.82) is 0 Å². The van der Waals surface area contributed by atoms with Gasteiger partial charge in [-0.25, -0.2) is 0 Å². The molecule has 5 heteroatoms. The van der Waals surface area contributed by atoms with Crippen LogP contribution in [0.15, 0.2) is 0 Å². The molecule has 0 aromatic heterocycles. The zero-order valence-electron chi connectivity index (χ0n) is 10.6. The van der Waals surface area contributed by atoms with Gasteiger partial charge in [0.1, 0.15) is 0 Å². The van der Waals surface area contributed by atoms with E-state index in [0.29, 0.717) is 13.1 Å². The van der Waals surface area contributed by atoms with Crippen LogP contribution >= 0.6 is 0 Å². The number of hydrogen-bond donors (Lipinski definition) is 2. The van der Waals surface area contributed by atoms with Crippen molar-refractivity contribution in [1.82, 2.24) is 15.5 Å². The molecule has 0 aliphatic carbocycles. The molecule has 0 radical (unpaired) electrons. The molecule has 2 saturated heterocycles. The van der Waals surface area contributed by atoms with Crippen LogP contribution in [0.1, 0.15) is 26.7 Å². The smallest absolute Gasteiger partial charge is 0.240 e. The summed E-state index contributed by atoms with van der Waals surface area (Å²) in [4.78, 5) is 25.4. The van der Waals surface area contributed by atoms with Crippen molar-refractivity contribution in [3.8, 4) is 0 Å². The minimum Gasteiger partial charge on any atom is -0.353 e. The van der Waals surface area contributed by atoms with Crippen molar-refractivity contribution < 1.29 is 9.59 Å². The predicted molar refractivity (Wildman–Crippen MR) is 64.4 cm³/mol. The van der Waals surface area contributed by atoms with Crippen molar-refractivity contribution in [3.05, 3.63) is 0 Å². The second kappa shape index (κ2) is 4.64. The zero-order valence-corrected chi connectivity index (χ0v) is 10.6. The number of rotatable bonds is 1. The molecule has 2 rings (SSSR count). The molecular formula is C12H21N3O2. The Balaban J connectivity index is 2.05. The number of nitrogens with one attached hydrogen (secondary N) is 2. The average molecular weight is 239 g/mol. The molecule has 0 aromatic carbocycles. The third-order valence-electron chi connectivity index (χ3n) is 3.72. The maximum atomic E-state index is 12.4. The van der Waals surface area contributed by atoms with E-state index in [1.165, 1.54) is 0 Å². The van der Waals surface area contributed by atoms with Gasteiger partial charge in [0.15, 0.2) is 0 Å². The molecule has 2 heterocycles. The number of carbonyl (C=O) groups excluding carboxylic acids is 2. The Morgan fingerprint density at radius 1 is 1.41 bits per heavy atom. The SMILES string of the molecule is CC1(C)CCCNC1C(=O)N1CCNC(=O)C1. The van der Waals surface area contributed by atoms with Crippen LogP contribution in [0.4, 0.5) is 0 Å². The molecule has 1 unspecified atom stereocenters. The molecule has 1 atom stereocenters. The van der Waals surface area contributed by atoms with Gasteiger partial charge in [-0.2, -0.15) is 0 Å². The molecule has 2 amide bonds. The molecule has 17 heavy (non-hydrogen) atoms. The molecule has 0 bridgehead atoms.